The largest absolute Gasteiger partial charge is 0.380 e. The Morgan fingerprint density at radius 3 is 2.57 bits per heavy atom. The van der Waals surface area contributed by atoms with Crippen molar-refractivity contribution >= 4 is 38.7 Å². The maximum Gasteiger partial charge on any atom is 0.380 e. The molecular weight excluding hydrogens is 667 g/mol. The molecule has 51 heavy (non-hydrogen) atoms. The van der Waals surface area contributed by atoms with Crippen molar-refractivity contribution in [2.24, 2.45) is 22.4 Å². The Balaban J connectivity index is 1.01. The van der Waals surface area contributed by atoms with E-state index in [1.807, 2.05) is 41.3 Å². The van der Waals surface area contributed by atoms with E-state index in [9.17, 15) is 23.1 Å². The fraction of sp³-hybridized carbons (Fsp3) is 0.513. The first-order chi connectivity index (χ1) is 24.4. The van der Waals surface area contributed by atoms with Gasteiger partial charge in [-0.05, 0) is 105 Å². The number of piperazine rings is 1. The monoisotopic (exact) mass is 711 g/mol. The van der Waals surface area contributed by atoms with Crippen LogP contribution in [-0.2, 0) is 21.5 Å². The van der Waals surface area contributed by atoms with Gasteiger partial charge in [-0.2, -0.15) is 13.6 Å². The number of benzene rings is 2. The van der Waals surface area contributed by atoms with E-state index in [1.165, 1.54) is 5.56 Å². The van der Waals surface area contributed by atoms with Gasteiger partial charge in [0.05, 0.1) is 11.2 Å². The molecule has 0 unspecified atom stereocenters. The topological polar surface area (TPSA) is 146 Å². The highest BCUT2D eigenvalue weighted by atomic mass is 32.2. The van der Waals surface area contributed by atoms with Gasteiger partial charge in [0.25, 0.3) is 5.91 Å². The van der Waals surface area contributed by atoms with Crippen LogP contribution in [0.25, 0.3) is 10.9 Å². The van der Waals surface area contributed by atoms with E-state index in [4.69, 9.17) is 15.7 Å². The molecule has 4 fully saturated rings. The summed E-state index contributed by atoms with van der Waals surface area (Å²) in [6.07, 6.45) is 12.1. The van der Waals surface area contributed by atoms with Gasteiger partial charge in [0.2, 0.25) is 5.91 Å². The van der Waals surface area contributed by atoms with Crippen molar-refractivity contribution in [3.8, 4) is 18.1 Å². The molecule has 3 aromatic rings. The molecule has 11 nitrogen and oxygen atoms in total. The second kappa shape index (κ2) is 12.5. The summed E-state index contributed by atoms with van der Waals surface area (Å²) in [5, 5.41) is 17.7. The molecular formula is C39H45N5O6S. The van der Waals surface area contributed by atoms with Gasteiger partial charge in [-0.3, -0.25) is 9.59 Å². The van der Waals surface area contributed by atoms with Crippen LogP contribution in [0.3, 0.4) is 0 Å². The van der Waals surface area contributed by atoms with Gasteiger partial charge in [-0.1, -0.05) is 37.1 Å². The standard InChI is InChI=1S/C39H45N5O6S/c1-3-39(47)17-15-30-28-12-10-26-23-35(50-51(40,48)49)34(24-29(26)27(28)14-16-38(30,39)2)42-19-21-43(22-20-42)37(46)33-9-6-18-44(33)36(45)32-13-11-25-7-4-5-8-31(25)41-32/h1,4-5,7-8,11,13,23-24,27-28,30,33,47H,6,9-10,12,14-22H2,2H3,(H2,40,48,49)/t27-,28+,30-,33-,38-,39+/m0/s1. The minimum Gasteiger partial charge on any atom is -0.377 e. The SMILES string of the molecule is C#C[C@@]1(O)CC[C@H]2[C@@H]3CCc4cc(OS(N)(=O)=O)c(N5CCN(C(=O)[C@@H]6CCCN6C(=O)c6ccc7ccccc7n6)CC5)cc4[C@H]3CC[C@@]21C. The van der Waals surface area contributed by atoms with Crippen LogP contribution in [0.5, 0.6) is 5.75 Å². The summed E-state index contributed by atoms with van der Waals surface area (Å²) in [5.74, 6) is 3.56. The lowest BCUT2D eigenvalue weighted by molar-refractivity contribution is -0.135. The number of carbonyl (C=O) groups excluding carboxylic acids is 2. The number of aryl methyl sites for hydroxylation is 1. The Bertz CT molecular complexity index is 2060. The zero-order chi connectivity index (χ0) is 35.7. The third kappa shape index (κ3) is 5.74. The number of carbonyl (C=O) groups is 2. The Hall–Kier alpha value is -4.18. The van der Waals surface area contributed by atoms with E-state index < -0.39 is 21.9 Å². The number of aliphatic hydroxyl groups is 1. The molecule has 268 valence electrons. The van der Waals surface area contributed by atoms with Crippen LogP contribution in [0.15, 0.2) is 48.5 Å². The molecule has 5 aliphatic rings. The summed E-state index contributed by atoms with van der Waals surface area (Å²) >= 11 is 0. The Kier molecular flexibility index (Phi) is 8.32. The number of fused-ring (bicyclic) bond motifs is 6. The van der Waals surface area contributed by atoms with Crippen molar-refractivity contribution < 1.29 is 27.3 Å². The van der Waals surface area contributed by atoms with Gasteiger partial charge in [-0.25, -0.2) is 4.98 Å². The predicted octanol–water partition coefficient (Wildman–Crippen LogP) is 3.99. The molecule has 3 heterocycles. The molecule has 0 spiro atoms. The van der Waals surface area contributed by atoms with Crippen LogP contribution < -0.4 is 14.2 Å². The zero-order valence-corrected chi connectivity index (χ0v) is 29.8. The molecule has 2 aliphatic heterocycles. The maximum absolute atomic E-state index is 13.9. The first-order valence-electron chi connectivity index (χ1n) is 18.2. The van der Waals surface area contributed by atoms with Crippen molar-refractivity contribution in [3.63, 3.8) is 0 Å². The smallest absolute Gasteiger partial charge is 0.377 e. The van der Waals surface area contributed by atoms with Crippen molar-refractivity contribution in [3.05, 3.63) is 65.4 Å². The number of likely N-dealkylation sites (tertiary alicyclic amines) is 1. The average molecular weight is 712 g/mol. The minimum atomic E-state index is -4.29. The fourth-order valence-electron chi connectivity index (χ4n) is 10.3. The highest BCUT2D eigenvalue weighted by Crippen LogP contribution is 2.64. The number of terminal acetylenes is 1. The molecule has 0 radical (unpaired) electrons. The number of hydrogen-bond donors (Lipinski definition) is 2. The van der Waals surface area contributed by atoms with E-state index in [0.717, 1.165) is 55.0 Å². The van der Waals surface area contributed by atoms with E-state index in [2.05, 4.69) is 28.8 Å². The van der Waals surface area contributed by atoms with Gasteiger partial charge in [0.1, 0.15) is 17.3 Å². The van der Waals surface area contributed by atoms with Crippen LogP contribution in [0, 0.1) is 29.6 Å². The summed E-state index contributed by atoms with van der Waals surface area (Å²) in [7, 11) is -4.29. The number of amides is 2. The number of pyridine rings is 1. The molecule has 0 bridgehead atoms. The molecule has 2 aromatic carbocycles. The zero-order valence-electron chi connectivity index (χ0n) is 29.0. The van der Waals surface area contributed by atoms with Gasteiger partial charge in [0.15, 0.2) is 5.75 Å². The summed E-state index contributed by atoms with van der Waals surface area (Å²) in [6, 6.07) is 14.6. The Morgan fingerprint density at radius 2 is 1.80 bits per heavy atom. The van der Waals surface area contributed by atoms with Gasteiger partial charge < -0.3 is 24.0 Å². The lowest BCUT2D eigenvalue weighted by Crippen LogP contribution is -2.54. The molecule has 6 atom stereocenters. The number of rotatable bonds is 5. The highest BCUT2D eigenvalue weighted by molar-refractivity contribution is 7.84. The first-order valence-corrected chi connectivity index (χ1v) is 19.7. The lowest BCUT2D eigenvalue weighted by Gasteiger charge is -2.52. The first kappa shape index (κ1) is 33.9. The molecule has 8 rings (SSSR count). The third-order valence-corrected chi connectivity index (χ3v) is 13.4. The number of hydrogen-bond acceptors (Lipinski definition) is 8. The van der Waals surface area contributed by atoms with Crippen molar-refractivity contribution in [2.45, 2.75) is 75.9 Å². The lowest BCUT2D eigenvalue weighted by atomic mass is 9.53. The number of anilines is 1. The molecule has 1 aromatic heterocycles. The average Bonchev–Trinajstić information content (AvgIpc) is 3.72. The van der Waals surface area contributed by atoms with Crippen LogP contribution in [0.1, 0.15) is 79.4 Å². The number of para-hydroxylation sites is 1. The van der Waals surface area contributed by atoms with E-state index in [0.29, 0.717) is 68.8 Å². The fourth-order valence-corrected chi connectivity index (χ4v) is 10.6. The van der Waals surface area contributed by atoms with Crippen molar-refractivity contribution in [1.82, 2.24) is 14.8 Å². The number of nitrogens with zero attached hydrogens (tertiary/aromatic N) is 4. The van der Waals surface area contributed by atoms with E-state index in [1.54, 1.807) is 11.0 Å². The maximum atomic E-state index is 13.9. The summed E-state index contributed by atoms with van der Waals surface area (Å²) in [4.78, 5) is 37.7. The quantitative estimate of drug-likeness (QED) is 0.378. The second-order valence-corrected chi connectivity index (χ2v) is 16.5. The van der Waals surface area contributed by atoms with Gasteiger partial charge in [-0.15, -0.1) is 6.42 Å². The molecule has 2 saturated carbocycles. The van der Waals surface area contributed by atoms with Crippen LogP contribution in [0.4, 0.5) is 5.69 Å². The van der Waals surface area contributed by atoms with Crippen LogP contribution in [0.2, 0.25) is 0 Å². The second-order valence-electron chi connectivity index (χ2n) is 15.4. The van der Waals surface area contributed by atoms with E-state index in [-0.39, 0.29) is 28.9 Å². The molecule has 2 amide bonds. The third-order valence-electron chi connectivity index (χ3n) is 12.9. The number of nitrogens with two attached hydrogens (primary N) is 1. The predicted molar refractivity (Wildman–Crippen MR) is 193 cm³/mol. The van der Waals surface area contributed by atoms with Crippen molar-refractivity contribution in [2.75, 3.05) is 37.6 Å². The van der Waals surface area contributed by atoms with Crippen LogP contribution in [-0.4, -0.2) is 84.5 Å². The van der Waals surface area contributed by atoms with Crippen LogP contribution >= 0.6 is 0 Å². The molecule has 3 aliphatic carbocycles. The summed E-state index contributed by atoms with van der Waals surface area (Å²) in [5.41, 5.74) is 2.56. The Labute approximate surface area is 299 Å². The molecule has 2 saturated heterocycles. The normalized spacial score (nSPS) is 30.4. The highest BCUT2D eigenvalue weighted by Gasteiger charge is 2.61. The van der Waals surface area contributed by atoms with Crippen molar-refractivity contribution in [1.29, 1.82) is 0 Å². The molecule has 12 heteroatoms. The summed E-state index contributed by atoms with van der Waals surface area (Å²) in [6.45, 7) is 4.40. The van der Waals surface area contributed by atoms with E-state index >= 15 is 0 Å². The Morgan fingerprint density at radius 1 is 1.02 bits per heavy atom. The van der Waals surface area contributed by atoms with Gasteiger partial charge >= 0.3 is 10.3 Å². The number of aromatic nitrogens is 1. The molecule has 3 N–H and O–H groups in total. The summed E-state index contributed by atoms with van der Waals surface area (Å²) < 4.78 is 29.9. The minimum absolute atomic E-state index is 0.0793. The van der Waals surface area contributed by atoms with Gasteiger partial charge in [0, 0.05) is 43.5 Å².